The minimum Gasteiger partial charge on any atom is -0.370 e. The zero-order valence-electron chi connectivity index (χ0n) is 12.0. The van der Waals surface area contributed by atoms with E-state index in [9.17, 15) is 0 Å². The van der Waals surface area contributed by atoms with Crippen LogP contribution in [-0.2, 0) is 13.1 Å². The number of hydrogen-bond acceptors (Lipinski definition) is 3. The van der Waals surface area contributed by atoms with Gasteiger partial charge in [0.1, 0.15) is 0 Å². The number of benzene rings is 1. The number of anilines is 1. The molecule has 0 bridgehead atoms. The fourth-order valence-electron chi connectivity index (χ4n) is 2.82. The highest BCUT2D eigenvalue weighted by Gasteiger charge is 2.17. The van der Waals surface area contributed by atoms with Gasteiger partial charge >= 0.3 is 0 Å². The maximum atomic E-state index is 4.09. The van der Waals surface area contributed by atoms with Crippen LogP contribution in [0.3, 0.4) is 0 Å². The lowest BCUT2D eigenvalue weighted by Gasteiger charge is -2.26. The minimum absolute atomic E-state index is 0.524. The number of para-hydroxylation sites is 1. The van der Waals surface area contributed by atoms with Crippen LogP contribution in [0.5, 0.6) is 0 Å². The molecule has 1 N–H and O–H groups in total. The summed E-state index contributed by atoms with van der Waals surface area (Å²) < 4.78 is 2.14. The van der Waals surface area contributed by atoms with E-state index in [0.717, 1.165) is 32.6 Å². The molecular weight excluding hydrogens is 248 g/mol. The van der Waals surface area contributed by atoms with Crippen LogP contribution in [0.4, 0.5) is 5.69 Å². The van der Waals surface area contributed by atoms with Crippen LogP contribution in [0.25, 0.3) is 0 Å². The van der Waals surface area contributed by atoms with E-state index in [0.29, 0.717) is 6.04 Å². The first-order valence-electron chi connectivity index (χ1n) is 7.35. The van der Waals surface area contributed by atoms with Crippen molar-refractivity contribution < 1.29 is 0 Å². The van der Waals surface area contributed by atoms with Crippen LogP contribution in [0, 0.1) is 0 Å². The van der Waals surface area contributed by atoms with Crippen LogP contribution in [0.2, 0.25) is 0 Å². The molecule has 0 saturated carbocycles. The summed E-state index contributed by atoms with van der Waals surface area (Å²) in [6.07, 6.45) is 6.89. The highest BCUT2D eigenvalue weighted by molar-refractivity contribution is 5.54. The van der Waals surface area contributed by atoms with E-state index in [4.69, 9.17) is 0 Å². The first-order valence-corrected chi connectivity index (χ1v) is 7.35. The van der Waals surface area contributed by atoms with Crippen LogP contribution >= 0.6 is 0 Å². The Hall–Kier alpha value is -1.81. The third-order valence-electron chi connectivity index (χ3n) is 3.87. The van der Waals surface area contributed by atoms with E-state index in [-0.39, 0.29) is 0 Å². The molecule has 2 heterocycles. The number of rotatable bonds is 4. The molecule has 1 unspecified atom stereocenters. The normalized spacial score (nSPS) is 18.6. The lowest BCUT2D eigenvalue weighted by Crippen LogP contribution is -2.36. The van der Waals surface area contributed by atoms with Gasteiger partial charge < -0.3 is 14.8 Å². The molecule has 1 atom stereocenters. The predicted molar refractivity (Wildman–Crippen MR) is 81.8 cm³/mol. The maximum absolute atomic E-state index is 4.09. The molecule has 4 heteroatoms. The molecule has 3 rings (SSSR count). The maximum Gasteiger partial charge on any atom is 0.0945 e. The molecule has 0 amide bonds. The molecule has 1 aromatic carbocycles. The quantitative estimate of drug-likeness (QED) is 0.925. The largest absolute Gasteiger partial charge is 0.370 e. The van der Waals surface area contributed by atoms with Crippen LogP contribution in [0.1, 0.15) is 18.9 Å². The number of fused-ring (bicyclic) bond motifs is 1. The highest BCUT2D eigenvalue weighted by Crippen LogP contribution is 2.23. The molecule has 20 heavy (non-hydrogen) atoms. The number of imidazole rings is 1. The van der Waals surface area contributed by atoms with Gasteiger partial charge in [0.05, 0.1) is 6.33 Å². The van der Waals surface area contributed by atoms with Crippen LogP contribution in [-0.4, -0.2) is 28.7 Å². The zero-order valence-corrected chi connectivity index (χ0v) is 12.0. The van der Waals surface area contributed by atoms with Gasteiger partial charge in [0.15, 0.2) is 0 Å². The SMILES string of the molecule is CC1CN(CCCn2ccnc2)c2ccccc2CN1. The average Bonchev–Trinajstić information content (AvgIpc) is 2.92. The Labute approximate surface area is 120 Å². The van der Waals surface area contributed by atoms with Crippen molar-refractivity contribution in [3.05, 3.63) is 48.5 Å². The van der Waals surface area contributed by atoms with E-state index in [1.165, 1.54) is 11.3 Å². The van der Waals surface area contributed by atoms with Gasteiger partial charge in [-0.15, -0.1) is 0 Å². The second kappa shape index (κ2) is 6.09. The van der Waals surface area contributed by atoms with Gasteiger partial charge in [0, 0.05) is 50.3 Å². The molecule has 0 fully saturated rings. The summed E-state index contributed by atoms with van der Waals surface area (Å²) in [6, 6.07) is 9.25. The second-order valence-corrected chi connectivity index (χ2v) is 5.51. The molecule has 0 radical (unpaired) electrons. The molecule has 1 aromatic heterocycles. The van der Waals surface area contributed by atoms with Crippen molar-refractivity contribution in [2.24, 2.45) is 0 Å². The molecule has 1 aliphatic heterocycles. The van der Waals surface area contributed by atoms with E-state index in [2.05, 4.69) is 51.0 Å². The Morgan fingerprint density at radius 1 is 1.30 bits per heavy atom. The third kappa shape index (κ3) is 3.02. The Morgan fingerprint density at radius 2 is 2.20 bits per heavy atom. The smallest absolute Gasteiger partial charge is 0.0945 e. The van der Waals surface area contributed by atoms with Gasteiger partial charge in [-0.05, 0) is 25.0 Å². The topological polar surface area (TPSA) is 33.1 Å². The summed E-state index contributed by atoms with van der Waals surface area (Å²) in [5.74, 6) is 0. The first-order chi connectivity index (χ1) is 9.83. The Kier molecular flexibility index (Phi) is 4.02. The zero-order chi connectivity index (χ0) is 13.8. The number of hydrogen-bond donors (Lipinski definition) is 1. The minimum atomic E-state index is 0.524. The third-order valence-corrected chi connectivity index (χ3v) is 3.87. The van der Waals surface area contributed by atoms with Gasteiger partial charge in [0.25, 0.3) is 0 Å². The Morgan fingerprint density at radius 3 is 3.05 bits per heavy atom. The lowest BCUT2D eigenvalue weighted by atomic mass is 10.1. The van der Waals surface area contributed by atoms with Crippen molar-refractivity contribution in [1.29, 1.82) is 0 Å². The van der Waals surface area contributed by atoms with Gasteiger partial charge in [-0.3, -0.25) is 0 Å². The number of aryl methyl sites for hydroxylation is 1. The summed E-state index contributed by atoms with van der Waals surface area (Å²) in [4.78, 5) is 6.60. The summed E-state index contributed by atoms with van der Waals surface area (Å²) in [5, 5.41) is 3.58. The van der Waals surface area contributed by atoms with Crippen molar-refractivity contribution in [2.45, 2.75) is 32.5 Å². The fraction of sp³-hybridized carbons (Fsp3) is 0.438. The molecule has 2 aromatic rings. The standard InChI is InChI=1S/C16H22N4/c1-14-12-20(9-4-8-19-10-7-17-13-19)16-6-3-2-5-15(16)11-18-14/h2-3,5-7,10,13-14,18H,4,8-9,11-12H2,1H3. The van der Waals surface area contributed by atoms with Gasteiger partial charge in [0.2, 0.25) is 0 Å². The van der Waals surface area contributed by atoms with Crippen LogP contribution in [0.15, 0.2) is 43.0 Å². The van der Waals surface area contributed by atoms with E-state index < -0.39 is 0 Å². The molecule has 0 aliphatic carbocycles. The summed E-state index contributed by atoms with van der Waals surface area (Å²) in [5.41, 5.74) is 2.79. The van der Waals surface area contributed by atoms with Crippen molar-refractivity contribution in [2.75, 3.05) is 18.0 Å². The Balaban J connectivity index is 1.67. The van der Waals surface area contributed by atoms with Gasteiger partial charge in [-0.1, -0.05) is 18.2 Å². The van der Waals surface area contributed by atoms with Crippen LogP contribution < -0.4 is 10.2 Å². The predicted octanol–water partition coefficient (Wildman–Crippen LogP) is 2.27. The summed E-state index contributed by atoms with van der Waals surface area (Å²) in [7, 11) is 0. The van der Waals surface area contributed by atoms with Gasteiger partial charge in [-0.2, -0.15) is 0 Å². The van der Waals surface area contributed by atoms with Gasteiger partial charge in [-0.25, -0.2) is 4.98 Å². The number of nitrogens with zero attached hydrogens (tertiary/aromatic N) is 3. The van der Waals surface area contributed by atoms with E-state index in [1.54, 1.807) is 0 Å². The van der Waals surface area contributed by atoms with Crippen molar-refractivity contribution in [3.63, 3.8) is 0 Å². The first kappa shape index (κ1) is 13.2. The Bertz CT molecular complexity index is 535. The van der Waals surface area contributed by atoms with E-state index >= 15 is 0 Å². The highest BCUT2D eigenvalue weighted by atomic mass is 15.2. The molecule has 1 aliphatic rings. The molecule has 106 valence electrons. The molecule has 0 spiro atoms. The van der Waals surface area contributed by atoms with Crippen molar-refractivity contribution >= 4 is 5.69 Å². The summed E-state index contributed by atoms with van der Waals surface area (Å²) >= 11 is 0. The van der Waals surface area contributed by atoms with Crippen molar-refractivity contribution in [1.82, 2.24) is 14.9 Å². The second-order valence-electron chi connectivity index (χ2n) is 5.51. The lowest BCUT2D eigenvalue weighted by molar-refractivity contribution is 0.541. The average molecular weight is 270 g/mol. The number of nitrogens with one attached hydrogen (secondary N) is 1. The summed E-state index contributed by atoms with van der Waals surface area (Å²) in [6.45, 7) is 6.41. The fourth-order valence-corrected chi connectivity index (χ4v) is 2.82. The monoisotopic (exact) mass is 270 g/mol. The number of aromatic nitrogens is 2. The van der Waals surface area contributed by atoms with Crippen molar-refractivity contribution in [3.8, 4) is 0 Å². The molecule has 4 nitrogen and oxygen atoms in total. The molecular formula is C16H22N4. The van der Waals surface area contributed by atoms with E-state index in [1.807, 2.05) is 18.7 Å². The molecule has 0 saturated heterocycles.